The number of anilines is 8. The Balaban J connectivity index is 0.807. The van der Waals surface area contributed by atoms with E-state index < -0.39 is 10.8 Å². The Morgan fingerprint density at radius 3 is 0.661 bits per heavy atom. The molecule has 0 amide bonds. The highest BCUT2D eigenvalue weighted by molar-refractivity contribution is 5.74. The van der Waals surface area contributed by atoms with E-state index in [1.807, 2.05) is 238 Å². The first-order chi connectivity index (χ1) is 60.6. The molecule has 0 fully saturated rings. The van der Waals surface area contributed by atoms with E-state index in [1.54, 1.807) is 97.1 Å². The number of terminal acetylenes is 4. The van der Waals surface area contributed by atoms with E-state index in [2.05, 4.69) is 75.7 Å². The second kappa shape index (κ2) is 35.6. The minimum Gasteiger partial charge on any atom is -0.456 e. The van der Waals surface area contributed by atoms with E-state index in [4.69, 9.17) is 63.6 Å². The van der Waals surface area contributed by atoms with Gasteiger partial charge in [-0.15, -0.1) is 25.7 Å². The molecule has 2 aliphatic rings. The van der Waals surface area contributed by atoms with Gasteiger partial charge >= 0.3 is 0 Å². The van der Waals surface area contributed by atoms with Gasteiger partial charge in [0.05, 0.1) is 26.2 Å². The number of fused-ring (bicyclic) bond motifs is 5. The quantitative estimate of drug-likeness (QED) is 0.0422. The minimum atomic E-state index is -0.761. The molecule has 0 N–H and O–H groups in total. The Kier molecular flexibility index (Phi) is 23.2. The third kappa shape index (κ3) is 16.4. The molecule has 14 aromatic carbocycles. The molecule has 124 heavy (non-hydrogen) atoms. The molecule has 0 heterocycles. The second-order valence-corrected chi connectivity index (χ2v) is 30.4. The first-order valence-corrected chi connectivity index (χ1v) is 40.0. The van der Waals surface area contributed by atoms with E-state index in [0.29, 0.717) is 23.0 Å². The Labute approximate surface area is 721 Å². The van der Waals surface area contributed by atoms with Crippen molar-refractivity contribution in [1.29, 1.82) is 21.0 Å². The summed E-state index contributed by atoms with van der Waals surface area (Å²) in [6.45, 7) is 9.83. The lowest BCUT2D eigenvalue weighted by atomic mass is 9.72. The van der Waals surface area contributed by atoms with Crippen molar-refractivity contribution in [2.75, 3.05) is 45.8 Å². The van der Waals surface area contributed by atoms with Crippen LogP contribution in [0.5, 0.6) is 92.0 Å². The summed E-state index contributed by atoms with van der Waals surface area (Å²) in [6.07, 6.45) is 23.7. The van der Waals surface area contributed by atoms with Gasteiger partial charge in [0.1, 0.15) is 116 Å². The molecule has 16 heteroatoms. The number of hydrogen-bond acceptors (Lipinski definition) is 16. The molecule has 2 aliphatic carbocycles. The molecule has 0 aliphatic heterocycles. The molecule has 598 valence electrons. The van der Waals surface area contributed by atoms with Crippen molar-refractivity contribution in [3.8, 4) is 166 Å². The van der Waals surface area contributed by atoms with Gasteiger partial charge in [-0.1, -0.05) is 173 Å². The maximum atomic E-state index is 11.4. The maximum absolute atomic E-state index is 11.4. The van der Waals surface area contributed by atoms with Crippen molar-refractivity contribution in [3.63, 3.8) is 0 Å². The van der Waals surface area contributed by atoms with E-state index in [-0.39, 0.29) is 129 Å². The number of hydrogen-bond donors (Lipinski definition) is 0. The summed E-state index contributed by atoms with van der Waals surface area (Å²) in [5.41, 5.74) is 8.97. The van der Waals surface area contributed by atoms with Gasteiger partial charge in [0.2, 0.25) is 0 Å². The van der Waals surface area contributed by atoms with Crippen LogP contribution in [-0.2, 0) is 10.8 Å². The predicted octanol–water partition coefficient (Wildman–Crippen LogP) is 26.0. The van der Waals surface area contributed by atoms with Crippen LogP contribution in [0.15, 0.2) is 315 Å². The van der Waals surface area contributed by atoms with Crippen LogP contribution in [-0.4, -0.2) is 26.2 Å². The van der Waals surface area contributed by atoms with Gasteiger partial charge in [0.25, 0.3) is 0 Å². The summed E-state index contributed by atoms with van der Waals surface area (Å²) >= 11 is 0. The first kappa shape index (κ1) is 80.7. The lowest BCUT2D eigenvalue weighted by Crippen LogP contribution is -2.25. The van der Waals surface area contributed by atoms with Gasteiger partial charge in [-0.3, -0.25) is 0 Å². The van der Waals surface area contributed by atoms with Crippen LogP contribution in [0.4, 0.5) is 45.5 Å². The van der Waals surface area contributed by atoms with E-state index in [0.717, 1.165) is 67.8 Å². The summed E-state index contributed by atoms with van der Waals surface area (Å²) in [4.78, 5) is 7.95. The fourth-order valence-electron chi connectivity index (χ4n) is 16.5. The smallest absolute Gasteiger partial charge is 0.170 e. The number of para-hydroxylation sites is 4. The summed E-state index contributed by atoms with van der Waals surface area (Å²) < 4.78 is 55.3. The van der Waals surface area contributed by atoms with Crippen molar-refractivity contribution in [2.45, 2.75) is 50.4 Å². The Morgan fingerprint density at radius 2 is 0.444 bits per heavy atom. The van der Waals surface area contributed by atoms with Gasteiger partial charge in [0.15, 0.2) is 23.0 Å². The molecular weight excluding hydrogens is 1540 g/mol. The number of benzene rings is 14. The normalized spacial score (nSPS) is 13.2. The summed E-state index contributed by atoms with van der Waals surface area (Å²) in [6, 6.07) is 107. The Hall–Kier alpha value is -17.1. The van der Waals surface area contributed by atoms with Gasteiger partial charge in [-0.2, -0.15) is 21.0 Å². The SMILES string of the molecule is C#CCN(c1ccccc1)c1cccc(Oc2cccc(Oc3cc4c(cc3Oc3cccc(Oc5cccc(N(CC#C)c6ccccc6)c5)c3C#N)C(C)(C)C3c5cc(Oc6cccc(Oc7cccc(N(CC#C)c8ccccc8)c7)c6C#N)c(Oc6cccc(Oc7cccc(N(CC#C)c8ccccc8)c7)c6C#N)cc5C(C)(C)C43)c2C#N)c1. The molecule has 16 nitrogen and oxygen atoms in total. The number of nitriles is 4. The van der Waals surface area contributed by atoms with Crippen LogP contribution >= 0.6 is 0 Å². The third-order valence-electron chi connectivity index (χ3n) is 22.2. The molecule has 0 saturated carbocycles. The van der Waals surface area contributed by atoms with E-state index in [9.17, 15) is 21.0 Å². The molecule has 0 radical (unpaired) electrons. The second-order valence-electron chi connectivity index (χ2n) is 30.4. The summed E-state index contributed by atoms with van der Waals surface area (Å²) in [7, 11) is 0. The first-order valence-electron chi connectivity index (χ1n) is 40.0. The summed E-state index contributed by atoms with van der Waals surface area (Å²) in [5, 5.41) is 45.4. The standard InChI is InChI=1S/C108H78N8O8/c1-9-57-113(73-33-17-13-18-34-73)77-41-25-45-81(61-77)117-93-49-29-53-97(87(93)69-109)121-101-65-85-91(67-103(101)123-99-55-31-51-95(89(99)71-111)119-83-47-27-43-79(63-83)115(59-11-3)75-37-21-15-22-38-75)107(5,6)106-86-66-102(122-98-54-30-50-94(88(98)70-110)118-82-46-26-42-78(62-82)114(58-10-2)74-35-19-14-20-36-74)104(68-92(86)108(7,8)105(85)106)124-100-56-32-52-96(90(100)72-112)120-84-48-28-44-80(64-84)116(60-12-4)76-39-23-16-24-40-76/h1-4,13-56,61-68,105-106H,57-60H2,5-8H3. The van der Waals surface area contributed by atoms with E-state index in [1.165, 1.54) is 0 Å². The molecule has 0 bridgehead atoms. The number of rotatable bonds is 28. The zero-order chi connectivity index (χ0) is 85.9. The third-order valence-corrected chi connectivity index (χ3v) is 22.2. The predicted molar refractivity (Wildman–Crippen MR) is 485 cm³/mol. The largest absolute Gasteiger partial charge is 0.456 e. The van der Waals surface area contributed by atoms with Crippen LogP contribution in [0.3, 0.4) is 0 Å². The van der Waals surface area contributed by atoms with Crippen molar-refractivity contribution >= 4 is 45.5 Å². The monoisotopic (exact) mass is 1610 g/mol. The molecule has 2 atom stereocenters. The average Bonchev–Trinajstić information content (AvgIpc) is 1.52. The number of nitrogens with zero attached hydrogens (tertiary/aromatic N) is 8. The van der Waals surface area contributed by atoms with Crippen molar-refractivity contribution in [3.05, 3.63) is 360 Å². The Bertz CT molecular complexity index is 6350. The lowest BCUT2D eigenvalue weighted by Gasteiger charge is -2.31. The zero-order valence-corrected chi connectivity index (χ0v) is 68.2. The van der Waals surface area contributed by atoms with E-state index >= 15 is 0 Å². The average molecular weight is 1620 g/mol. The fraction of sp³-hybridized carbons (Fsp3) is 0.111. The van der Waals surface area contributed by atoms with Crippen LogP contribution in [0, 0.1) is 94.7 Å². The highest BCUT2D eigenvalue weighted by Crippen LogP contribution is 2.69. The molecule has 14 aromatic rings. The van der Waals surface area contributed by atoms with Crippen molar-refractivity contribution < 1.29 is 37.9 Å². The van der Waals surface area contributed by atoms with Crippen LogP contribution in [0.2, 0.25) is 0 Å². The molecule has 0 aromatic heterocycles. The van der Waals surface area contributed by atoms with Gasteiger partial charge < -0.3 is 57.5 Å². The van der Waals surface area contributed by atoms with Gasteiger partial charge in [-0.25, -0.2) is 0 Å². The zero-order valence-electron chi connectivity index (χ0n) is 68.2. The van der Waals surface area contributed by atoms with Crippen LogP contribution in [0.25, 0.3) is 0 Å². The highest BCUT2D eigenvalue weighted by atomic mass is 16.5. The van der Waals surface area contributed by atoms with Gasteiger partial charge in [-0.05, 0) is 203 Å². The highest BCUT2D eigenvalue weighted by Gasteiger charge is 2.59. The van der Waals surface area contributed by atoms with Crippen LogP contribution in [0.1, 0.15) is 84.0 Å². The van der Waals surface area contributed by atoms with Gasteiger partial charge in [0, 0.05) is 81.6 Å². The lowest BCUT2D eigenvalue weighted by molar-refractivity contribution is 0.348. The van der Waals surface area contributed by atoms with Crippen molar-refractivity contribution in [1.82, 2.24) is 0 Å². The van der Waals surface area contributed by atoms with Crippen molar-refractivity contribution in [2.24, 2.45) is 0 Å². The maximum Gasteiger partial charge on any atom is 0.170 e. The molecule has 0 spiro atoms. The molecule has 2 unspecified atom stereocenters. The molecule has 0 saturated heterocycles. The molecular formula is C108H78N8O8. The van der Waals surface area contributed by atoms with Crippen LogP contribution < -0.4 is 57.5 Å². The fourth-order valence-corrected chi connectivity index (χ4v) is 16.5. The topological polar surface area (TPSA) is 182 Å². The summed E-state index contributed by atoms with van der Waals surface area (Å²) in [5.74, 6) is 14.4. The minimum absolute atomic E-state index is 0.0763. The Morgan fingerprint density at radius 1 is 0.242 bits per heavy atom. The molecule has 16 rings (SSSR count). The number of ether oxygens (including phenoxy) is 8.